The highest BCUT2D eigenvalue weighted by molar-refractivity contribution is 6.74. The first-order valence-corrected chi connectivity index (χ1v) is 12.5. The molecular weight excluding hydrogens is 374 g/mol. The highest BCUT2D eigenvalue weighted by atomic mass is 35.5. The number of rotatable bonds is 5. The van der Waals surface area contributed by atoms with Gasteiger partial charge in [0.25, 0.3) is 0 Å². The van der Waals surface area contributed by atoms with Crippen molar-refractivity contribution in [3.8, 4) is 5.75 Å². The Labute approximate surface area is 166 Å². The molecule has 0 aliphatic heterocycles. The summed E-state index contributed by atoms with van der Waals surface area (Å²) in [5.41, 5.74) is 2.29. The second-order valence-electron chi connectivity index (χ2n) is 8.41. The summed E-state index contributed by atoms with van der Waals surface area (Å²) in [6.07, 6.45) is 1.74. The zero-order valence-electron chi connectivity index (χ0n) is 16.5. The van der Waals surface area contributed by atoms with Crippen LogP contribution in [0.3, 0.4) is 0 Å². The van der Waals surface area contributed by atoms with Crippen molar-refractivity contribution in [2.24, 2.45) is 0 Å². The van der Waals surface area contributed by atoms with Crippen molar-refractivity contribution in [2.45, 2.75) is 44.3 Å². The van der Waals surface area contributed by atoms with Crippen LogP contribution in [0.5, 0.6) is 5.75 Å². The number of fused-ring (bicyclic) bond motifs is 1. The molecule has 0 fully saturated rings. The number of aromatic amines is 1. The predicted octanol–water partition coefficient (Wildman–Crippen LogP) is 6.71. The average Bonchev–Trinajstić information content (AvgIpc) is 3.03. The van der Waals surface area contributed by atoms with E-state index in [-0.39, 0.29) is 10.8 Å². The minimum Gasteiger partial charge on any atom is -0.543 e. The van der Waals surface area contributed by atoms with Gasteiger partial charge in [0.15, 0.2) is 5.78 Å². The first kappa shape index (κ1) is 19.7. The van der Waals surface area contributed by atoms with Crippen LogP contribution >= 0.6 is 11.6 Å². The molecule has 2 aromatic carbocycles. The summed E-state index contributed by atoms with van der Waals surface area (Å²) < 4.78 is 6.37. The predicted molar refractivity (Wildman–Crippen MR) is 115 cm³/mol. The van der Waals surface area contributed by atoms with E-state index in [0.717, 1.165) is 22.2 Å². The van der Waals surface area contributed by atoms with Gasteiger partial charge in [0.1, 0.15) is 11.1 Å². The lowest BCUT2D eigenvalue weighted by molar-refractivity contribution is 0.0988. The highest BCUT2D eigenvalue weighted by Crippen LogP contribution is 2.38. The number of ketones is 1. The smallest absolute Gasteiger partial charge is 0.250 e. The molecule has 5 heteroatoms. The Morgan fingerprint density at radius 2 is 1.78 bits per heavy atom. The monoisotopic (exact) mass is 399 g/mol. The molecule has 3 nitrogen and oxygen atoms in total. The molecule has 3 rings (SSSR count). The molecule has 0 spiro atoms. The number of Topliss-reactive ketones (excluding diaryl/α,β-unsaturated/α-hetero) is 1. The first-order valence-electron chi connectivity index (χ1n) is 9.13. The van der Waals surface area contributed by atoms with Crippen molar-refractivity contribution < 1.29 is 9.22 Å². The summed E-state index contributed by atoms with van der Waals surface area (Å²) in [4.78, 5) is 16.1. The van der Waals surface area contributed by atoms with Crippen LogP contribution in [0.2, 0.25) is 18.1 Å². The van der Waals surface area contributed by atoms with E-state index < -0.39 is 13.7 Å². The van der Waals surface area contributed by atoms with Crippen LogP contribution < -0.4 is 4.43 Å². The SMILES string of the molecule is CC(C)(C)[Si](C)(C)Oc1ccc2c(C(=O)C(Cl)c3ccccc3)c[nH]c2c1. The first-order chi connectivity index (χ1) is 12.6. The molecule has 0 radical (unpaired) electrons. The van der Waals surface area contributed by atoms with Crippen LogP contribution in [-0.4, -0.2) is 19.1 Å². The lowest BCUT2D eigenvalue weighted by atomic mass is 10.0. The van der Waals surface area contributed by atoms with Gasteiger partial charge in [-0.3, -0.25) is 4.79 Å². The normalized spacial score (nSPS) is 13.6. The number of carbonyl (C=O) groups is 1. The molecule has 0 amide bonds. The number of H-pyrrole nitrogens is 1. The molecule has 1 N–H and O–H groups in total. The van der Waals surface area contributed by atoms with Gasteiger partial charge in [-0.1, -0.05) is 51.1 Å². The van der Waals surface area contributed by atoms with Crippen LogP contribution in [0.1, 0.15) is 42.1 Å². The number of aromatic nitrogens is 1. The van der Waals surface area contributed by atoms with Crippen molar-refractivity contribution in [2.75, 3.05) is 0 Å². The van der Waals surface area contributed by atoms with Gasteiger partial charge in [-0.15, -0.1) is 11.6 Å². The van der Waals surface area contributed by atoms with Crippen molar-refractivity contribution in [3.63, 3.8) is 0 Å². The molecule has 1 unspecified atom stereocenters. The van der Waals surface area contributed by atoms with Crippen LogP contribution in [0.15, 0.2) is 54.7 Å². The highest BCUT2D eigenvalue weighted by Gasteiger charge is 2.39. The standard InChI is InChI=1S/C22H26ClNO2Si/c1-22(2,3)27(4,5)26-16-11-12-17-18(14-24-19(17)13-16)21(25)20(23)15-9-7-6-8-10-15/h6-14,20,24H,1-5H3. The molecule has 0 saturated heterocycles. The van der Waals surface area contributed by atoms with Gasteiger partial charge >= 0.3 is 0 Å². The maximum atomic E-state index is 12.9. The average molecular weight is 400 g/mol. The third-order valence-corrected chi connectivity index (χ3v) is 10.2. The van der Waals surface area contributed by atoms with Gasteiger partial charge in [-0.25, -0.2) is 0 Å². The van der Waals surface area contributed by atoms with E-state index in [1.54, 1.807) is 6.20 Å². The summed E-state index contributed by atoms with van der Waals surface area (Å²) in [6.45, 7) is 11.1. The van der Waals surface area contributed by atoms with Crippen LogP contribution in [0, 0.1) is 0 Å². The number of hydrogen-bond acceptors (Lipinski definition) is 2. The quantitative estimate of drug-likeness (QED) is 0.294. The van der Waals surface area contributed by atoms with Crippen molar-refractivity contribution >= 4 is 36.6 Å². The maximum Gasteiger partial charge on any atom is 0.250 e. The Kier molecular flexibility index (Phi) is 5.24. The molecule has 1 atom stereocenters. The largest absolute Gasteiger partial charge is 0.543 e. The zero-order valence-corrected chi connectivity index (χ0v) is 18.2. The van der Waals surface area contributed by atoms with Crippen molar-refractivity contribution in [1.29, 1.82) is 0 Å². The Morgan fingerprint density at radius 3 is 2.41 bits per heavy atom. The molecule has 3 aromatic rings. The van der Waals surface area contributed by atoms with Gasteiger partial charge in [-0.05, 0) is 35.8 Å². The summed E-state index contributed by atoms with van der Waals surface area (Å²) in [5, 5.41) is 0.290. The van der Waals surface area contributed by atoms with Crippen molar-refractivity contribution in [1.82, 2.24) is 4.98 Å². The van der Waals surface area contributed by atoms with Gasteiger partial charge in [-0.2, -0.15) is 0 Å². The van der Waals surface area contributed by atoms with Crippen LogP contribution in [0.4, 0.5) is 0 Å². The molecule has 142 valence electrons. The molecule has 27 heavy (non-hydrogen) atoms. The third kappa shape index (κ3) is 3.97. The Morgan fingerprint density at radius 1 is 1.11 bits per heavy atom. The molecule has 0 saturated carbocycles. The number of alkyl halides is 1. The minimum absolute atomic E-state index is 0.104. The maximum absolute atomic E-state index is 12.9. The fraction of sp³-hybridized carbons (Fsp3) is 0.318. The number of benzene rings is 2. The molecule has 1 heterocycles. The Bertz CT molecular complexity index is 957. The Balaban J connectivity index is 1.89. The molecule has 0 aliphatic carbocycles. The van der Waals surface area contributed by atoms with E-state index in [4.69, 9.17) is 16.0 Å². The third-order valence-electron chi connectivity index (χ3n) is 5.42. The lowest BCUT2D eigenvalue weighted by Crippen LogP contribution is -2.43. The minimum atomic E-state index is -1.91. The summed E-state index contributed by atoms with van der Waals surface area (Å²) >= 11 is 6.43. The lowest BCUT2D eigenvalue weighted by Gasteiger charge is -2.36. The van der Waals surface area contributed by atoms with Gasteiger partial charge in [0.2, 0.25) is 8.32 Å². The second kappa shape index (κ2) is 7.17. The fourth-order valence-corrected chi connectivity index (χ4v) is 4.02. The van der Waals surface area contributed by atoms with E-state index in [1.807, 2.05) is 48.5 Å². The molecule has 0 aliphatic rings. The van der Waals surface area contributed by atoms with Gasteiger partial charge in [0.05, 0.1) is 0 Å². The van der Waals surface area contributed by atoms with E-state index >= 15 is 0 Å². The topological polar surface area (TPSA) is 42.1 Å². The van der Waals surface area contributed by atoms with Crippen molar-refractivity contribution in [3.05, 3.63) is 65.9 Å². The number of halogens is 1. The second-order valence-corrected chi connectivity index (χ2v) is 13.6. The van der Waals surface area contributed by atoms with E-state index in [0.29, 0.717) is 5.56 Å². The van der Waals surface area contributed by atoms with E-state index in [2.05, 4.69) is 38.8 Å². The molecule has 1 aromatic heterocycles. The van der Waals surface area contributed by atoms with E-state index in [1.165, 1.54) is 0 Å². The molecular formula is C22H26ClNO2Si. The van der Waals surface area contributed by atoms with Crippen LogP contribution in [0.25, 0.3) is 10.9 Å². The summed E-state index contributed by atoms with van der Waals surface area (Å²) in [7, 11) is -1.91. The van der Waals surface area contributed by atoms with Crippen LogP contribution in [-0.2, 0) is 0 Å². The number of nitrogens with one attached hydrogen (secondary N) is 1. The fourth-order valence-electron chi connectivity index (χ4n) is 2.73. The molecule has 0 bridgehead atoms. The Hall–Kier alpha value is -2.04. The number of carbonyl (C=O) groups excluding carboxylic acids is 1. The zero-order chi connectivity index (χ0) is 19.8. The van der Waals surface area contributed by atoms with Gasteiger partial charge in [0, 0.05) is 28.7 Å². The van der Waals surface area contributed by atoms with E-state index in [9.17, 15) is 4.79 Å². The summed E-state index contributed by atoms with van der Waals surface area (Å²) in [5.74, 6) is 0.729. The number of hydrogen-bond donors (Lipinski definition) is 1. The van der Waals surface area contributed by atoms with Gasteiger partial charge < -0.3 is 9.41 Å². The summed E-state index contributed by atoms with van der Waals surface area (Å²) in [6, 6.07) is 15.3.